The van der Waals surface area contributed by atoms with Gasteiger partial charge in [-0.05, 0) is 24.6 Å². The minimum Gasteiger partial charge on any atom is -0.330 e. The van der Waals surface area contributed by atoms with Crippen LogP contribution in [-0.2, 0) is 0 Å². The zero-order chi connectivity index (χ0) is 13.1. The van der Waals surface area contributed by atoms with Crippen LogP contribution in [0.15, 0.2) is 23.6 Å². The SMILES string of the molecule is CCC(CN)c1nc(-c2ccc(F)c(F)c2)cs1. The van der Waals surface area contributed by atoms with Crippen molar-refractivity contribution in [2.24, 2.45) is 5.73 Å². The molecule has 1 aromatic heterocycles. The van der Waals surface area contributed by atoms with E-state index in [1.54, 1.807) is 0 Å². The lowest BCUT2D eigenvalue weighted by Crippen LogP contribution is -2.11. The Morgan fingerprint density at radius 1 is 1.33 bits per heavy atom. The van der Waals surface area contributed by atoms with Crippen LogP contribution in [0.1, 0.15) is 24.3 Å². The average Bonchev–Trinajstić information content (AvgIpc) is 2.84. The molecular weight excluding hydrogens is 254 g/mol. The third-order valence-electron chi connectivity index (χ3n) is 2.86. The van der Waals surface area contributed by atoms with E-state index in [4.69, 9.17) is 5.73 Å². The summed E-state index contributed by atoms with van der Waals surface area (Å²) >= 11 is 1.50. The third-order valence-corrected chi connectivity index (χ3v) is 3.87. The van der Waals surface area contributed by atoms with E-state index < -0.39 is 11.6 Å². The van der Waals surface area contributed by atoms with E-state index in [1.807, 2.05) is 5.38 Å². The molecule has 2 nitrogen and oxygen atoms in total. The van der Waals surface area contributed by atoms with E-state index in [2.05, 4.69) is 11.9 Å². The number of rotatable bonds is 4. The Morgan fingerprint density at radius 2 is 2.11 bits per heavy atom. The summed E-state index contributed by atoms with van der Waals surface area (Å²) in [6, 6.07) is 3.81. The third kappa shape index (κ3) is 2.57. The number of thiazole rings is 1. The van der Waals surface area contributed by atoms with Gasteiger partial charge in [0.05, 0.1) is 10.7 Å². The molecular formula is C13H14F2N2S. The summed E-state index contributed by atoms with van der Waals surface area (Å²) in [5, 5.41) is 2.79. The molecule has 2 N–H and O–H groups in total. The van der Waals surface area contributed by atoms with Crippen LogP contribution in [0, 0.1) is 11.6 Å². The molecule has 0 aliphatic carbocycles. The number of hydrogen-bond acceptors (Lipinski definition) is 3. The van der Waals surface area contributed by atoms with Crippen molar-refractivity contribution in [2.45, 2.75) is 19.3 Å². The molecule has 0 saturated carbocycles. The van der Waals surface area contributed by atoms with Crippen LogP contribution in [0.2, 0.25) is 0 Å². The highest BCUT2D eigenvalue weighted by molar-refractivity contribution is 7.10. The normalized spacial score (nSPS) is 12.7. The van der Waals surface area contributed by atoms with E-state index >= 15 is 0 Å². The summed E-state index contributed by atoms with van der Waals surface area (Å²) in [7, 11) is 0. The molecule has 0 spiro atoms. The Labute approximate surface area is 108 Å². The molecule has 1 heterocycles. The molecule has 1 aromatic carbocycles. The van der Waals surface area contributed by atoms with Crippen LogP contribution in [0.25, 0.3) is 11.3 Å². The van der Waals surface area contributed by atoms with Crippen molar-refractivity contribution in [2.75, 3.05) is 6.54 Å². The molecule has 2 rings (SSSR count). The van der Waals surface area contributed by atoms with Gasteiger partial charge in [-0.25, -0.2) is 13.8 Å². The molecule has 5 heteroatoms. The summed E-state index contributed by atoms with van der Waals surface area (Å²) in [5.41, 5.74) is 6.92. The Morgan fingerprint density at radius 3 is 2.72 bits per heavy atom. The fourth-order valence-corrected chi connectivity index (χ4v) is 2.73. The molecule has 96 valence electrons. The van der Waals surface area contributed by atoms with Crippen molar-refractivity contribution in [1.82, 2.24) is 4.98 Å². The number of halogens is 2. The van der Waals surface area contributed by atoms with E-state index in [9.17, 15) is 8.78 Å². The predicted octanol–water partition coefficient (Wildman–Crippen LogP) is 3.54. The topological polar surface area (TPSA) is 38.9 Å². The van der Waals surface area contributed by atoms with Gasteiger partial charge in [-0.15, -0.1) is 11.3 Å². The van der Waals surface area contributed by atoms with Crippen molar-refractivity contribution >= 4 is 11.3 Å². The van der Waals surface area contributed by atoms with E-state index in [0.717, 1.165) is 23.6 Å². The average molecular weight is 268 g/mol. The second kappa shape index (κ2) is 5.54. The number of nitrogens with zero attached hydrogens (tertiary/aromatic N) is 1. The van der Waals surface area contributed by atoms with Gasteiger partial charge in [0.1, 0.15) is 0 Å². The van der Waals surface area contributed by atoms with Gasteiger partial charge in [0.2, 0.25) is 0 Å². The fraction of sp³-hybridized carbons (Fsp3) is 0.308. The standard InChI is InChI=1S/C13H14F2N2S/c1-2-8(6-16)13-17-12(7-18-13)9-3-4-10(14)11(15)5-9/h3-5,7-8H,2,6,16H2,1H3. The summed E-state index contributed by atoms with van der Waals surface area (Å²) in [5.74, 6) is -1.47. The van der Waals surface area contributed by atoms with Crippen LogP contribution in [0.5, 0.6) is 0 Å². The molecule has 18 heavy (non-hydrogen) atoms. The maximum atomic E-state index is 13.1. The highest BCUT2D eigenvalue weighted by Gasteiger charge is 2.13. The molecule has 0 bridgehead atoms. The van der Waals surface area contributed by atoms with Crippen molar-refractivity contribution in [3.63, 3.8) is 0 Å². The van der Waals surface area contributed by atoms with Crippen LogP contribution in [-0.4, -0.2) is 11.5 Å². The van der Waals surface area contributed by atoms with Crippen LogP contribution < -0.4 is 5.73 Å². The molecule has 2 aromatic rings. The van der Waals surface area contributed by atoms with Gasteiger partial charge in [-0.3, -0.25) is 0 Å². The Bertz CT molecular complexity index is 536. The van der Waals surface area contributed by atoms with Crippen LogP contribution in [0.4, 0.5) is 8.78 Å². The predicted molar refractivity (Wildman–Crippen MR) is 69.6 cm³/mol. The number of benzene rings is 1. The van der Waals surface area contributed by atoms with Gasteiger partial charge >= 0.3 is 0 Å². The maximum Gasteiger partial charge on any atom is 0.159 e. The van der Waals surface area contributed by atoms with Gasteiger partial charge < -0.3 is 5.73 Å². The molecule has 0 aliphatic heterocycles. The minimum absolute atomic E-state index is 0.231. The first-order chi connectivity index (χ1) is 8.65. The molecule has 1 unspecified atom stereocenters. The Kier molecular flexibility index (Phi) is 4.04. The lowest BCUT2D eigenvalue weighted by Gasteiger charge is -2.07. The quantitative estimate of drug-likeness (QED) is 0.921. The van der Waals surface area contributed by atoms with Gasteiger partial charge in [-0.1, -0.05) is 6.92 Å². The summed E-state index contributed by atoms with van der Waals surface area (Å²) < 4.78 is 26.0. The van der Waals surface area contributed by atoms with Gasteiger partial charge in [0, 0.05) is 23.4 Å². The van der Waals surface area contributed by atoms with Crippen LogP contribution in [0.3, 0.4) is 0 Å². The number of nitrogens with two attached hydrogens (primary N) is 1. The second-order valence-electron chi connectivity index (χ2n) is 4.04. The molecule has 0 radical (unpaired) electrons. The Hall–Kier alpha value is -1.33. The van der Waals surface area contributed by atoms with Crippen molar-refractivity contribution in [3.05, 3.63) is 40.2 Å². The van der Waals surface area contributed by atoms with E-state index in [-0.39, 0.29) is 5.92 Å². The Balaban J connectivity index is 2.31. The number of aromatic nitrogens is 1. The summed E-state index contributed by atoms with van der Waals surface area (Å²) in [6.45, 7) is 2.59. The highest BCUT2D eigenvalue weighted by Crippen LogP contribution is 2.28. The van der Waals surface area contributed by atoms with Crippen LogP contribution >= 0.6 is 11.3 Å². The number of hydrogen-bond donors (Lipinski definition) is 1. The molecule has 0 fully saturated rings. The largest absolute Gasteiger partial charge is 0.330 e. The molecule has 0 aliphatic rings. The van der Waals surface area contributed by atoms with Crippen molar-refractivity contribution in [3.8, 4) is 11.3 Å². The first kappa shape index (κ1) is 13.1. The first-order valence-electron chi connectivity index (χ1n) is 5.76. The van der Waals surface area contributed by atoms with E-state index in [1.165, 1.54) is 17.4 Å². The summed E-state index contributed by atoms with van der Waals surface area (Å²) in [6.07, 6.45) is 0.918. The highest BCUT2D eigenvalue weighted by atomic mass is 32.1. The lowest BCUT2D eigenvalue weighted by atomic mass is 10.1. The van der Waals surface area contributed by atoms with Crippen molar-refractivity contribution in [1.29, 1.82) is 0 Å². The molecule has 1 atom stereocenters. The second-order valence-corrected chi connectivity index (χ2v) is 4.93. The maximum absolute atomic E-state index is 13.1. The van der Waals surface area contributed by atoms with Gasteiger partial charge in [0.15, 0.2) is 11.6 Å². The smallest absolute Gasteiger partial charge is 0.159 e. The molecule has 0 amide bonds. The zero-order valence-electron chi connectivity index (χ0n) is 9.99. The van der Waals surface area contributed by atoms with Crippen molar-refractivity contribution < 1.29 is 8.78 Å². The van der Waals surface area contributed by atoms with Gasteiger partial charge in [-0.2, -0.15) is 0 Å². The van der Waals surface area contributed by atoms with Gasteiger partial charge in [0.25, 0.3) is 0 Å². The minimum atomic E-state index is -0.854. The first-order valence-corrected chi connectivity index (χ1v) is 6.64. The zero-order valence-corrected chi connectivity index (χ0v) is 10.8. The monoisotopic (exact) mass is 268 g/mol. The summed E-state index contributed by atoms with van der Waals surface area (Å²) in [4.78, 5) is 4.44. The van der Waals surface area contributed by atoms with E-state index in [0.29, 0.717) is 17.8 Å². The molecule has 0 saturated heterocycles. The fourth-order valence-electron chi connectivity index (χ4n) is 1.71. The lowest BCUT2D eigenvalue weighted by molar-refractivity contribution is 0.509.